The number of rotatable bonds is 3. The number of nitrogens with two attached hydrogens (primary N) is 1. The van der Waals surface area contributed by atoms with Gasteiger partial charge in [-0.05, 0) is 33.4 Å². The van der Waals surface area contributed by atoms with Crippen LogP contribution in [0.5, 0.6) is 0 Å². The second-order valence-electron chi connectivity index (χ2n) is 5.00. The second-order valence-corrected chi connectivity index (χ2v) is 5.44. The van der Waals surface area contributed by atoms with Gasteiger partial charge >= 0.3 is 0 Å². The molecule has 0 aromatic heterocycles. The summed E-state index contributed by atoms with van der Waals surface area (Å²) in [6.45, 7) is 7.35. The lowest BCUT2D eigenvalue weighted by atomic mass is 9.85. The molecule has 1 atom stereocenters. The van der Waals surface area contributed by atoms with Gasteiger partial charge in [0.25, 0.3) is 0 Å². The predicted molar refractivity (Wildman–Crippen MR) is 73.9 cm³/mol. The van der Waals surface area contributed by atoms with Gasteiger partial charge in [0.05, 0.1) is 10.4 Å². The summed E-state index contributed by atoms with van der Waals surface area (Å²) < 4.78 is 0. The molecule has 4 nitrogen and oxygen atoms in total. The summed E-state index contributed by atoms with van der Waals surface area (Å²) in [7, 11) is 2.08. The molecule has 0 bridgehead atoms. The molecule has 1 fully saturated rings. The largest absolute Gasteiger partial charge is 0.392 e. The zero-order chi connectivity index (χ0) is 13.1. The predicted octanol–water partition coefficient (Wildman–Crippen LogP) is 0.853. The first-order valence-electron chi connectivity index (χ1n) is 6.19. The molecule has 0 radical (unpaired) electrons. The van der Waals surface area contributed by atoms with Crippen molar-refractivity contribution in [3.8, 4) is 0 Å². The van der Waals surface area contributed by atoms with Crippen LogP contribution in [0.15, 0.2) is 0 Å². The average molecular weight is 257 g/mol. The maximum atomic E-state index is 12.5. The fourth-order valence-corrected chi connectivity index (χ4v) is 2.26. The number of likely N-dealkylation sites (N-methyl/N-ethyl adjacent to an activating group) is 1. The smallest absolute Gasteiger partial charge is 0.235 e. The first-order chi connectivity index (χ1) is 7.91. The fourth-order valence-electron chi connectivity index (χ4n) is 2.03. The standard InChI is InChI=1S/C12H23N3OS/c1-4-12(2,10(13)17)11(16)15-7-5-6-14(3)8-9-15/h4-9H2,1-3H3,(H2,13,17). The van der Waals surface area contributed by atoms with Crippen molar-refractivity contribution in [3.05, 3.63) is 0 Å². The van der Waals surface area contributed by atoms with Crippen molar-refractivity contribution < 1.29 is 4.79 Å². The van der Waals surface area contributed by atoms with E-state index in [2.05, 4.69) is 11.9 Å². The van der Waals surface area contributed by atoms with E-state index in [1.807, 2.05) is 18.7 Å². The Morgan fingerprint density at radius 2 is 2.00 bits per heavy atom. The van der Waals surface area contributed by atoms with Crippen LogP contribution in [0.4, 0.5) is 0 Å². The third-order valence-corrected chi connectivity index (χ3v) is 4.18. The van der Waals surface area contributed by atoms with Gasteiger partial charge in [0, 0.05) is 19.6 Å². The summed E-state index contributed by atoms with van der Waals surface area (Å²) >= 11 is 5.05. The number of hydrogen-bond acceptors (Lipinski definition) is 3. The van der Waals surface area contributed by atoms with Crippen molar-refractivity contribution in [3.63, 3.8) is 0 Å². The molecule has 2 N–H and O–H groups in total. The lowest BCUT2D eigenvalue weighted by molar-refractivity contribution is -0.137. The van der Waals surface area contributed by atoms with E-state index in [0.29, 0.717) is 11.4 Å². The van der Waals surface area contributed by atoms with Crippen LogP contribution in [0.2, 0.25) is 0 Å². The van der Waals surface area contributed by atoms with Crippen LogP contribution >= 0.6 is 12.2 Å². The van der Waals surface area contributed by atoms with Gasteiger partial charge in [-0.15, -0.1) is 0 Å². The van der Waals surface area contributed by atoms with Crippen LogP contribution in [0.3, 0.4) is 0 Å². The Kier molecular flexibility index (Phi) is 4.89. The number of amides is 1. The lowest BCUT2D eigenvalue weighted by Gasteiger charge is -2.32. The van der Waals surface area contributed by atoms with Gasteiger partial charge in [-0.25, -0.2) is 0 Å². The lowest BCUT2D eigenvalue weighted by Crippen LogP contribution is -2.49. The molecule has 0 aliphatic carbocycles. The molecule has 0 aromatic carbocycles. The molecule has 1 rings (SSSR count). The van der Waals surface area contributed by atoms with Crippen molar-refractivity contribution in [2.24, 2.45) is 11.1 Å². The zero-order valence-corrected chi connectivity index (χ0v) is 11.8. The van der Waals surface area contributed by atoms with Gasteiger partial charge in [0.1, 0.15) is 0 Å². The van der Waals surface area contributed by atoms with Crippen molar-refractivity contribution in [1.29, 1.82) is 0 Å². The van der Waals surface area contributed by atoms with E-state index in [-0.39, 0.29) is 5.91 Å². The van der Waals surface area contributed by atoms with Gasteiger partial charge in [0.2, 0.25) is 5.91 Å². The molecule has 1 aliphatic heterocycles. The van der Waals surface area contributed by atoms with E-state index in [0.717, 1.165) is 32.6 Å². The molecular formula is C12H23N3OS. The van der Waals surface area contributed by atoms with Crippen LogP contribution in [0.25, 0.3) is 0 Å². The molecule has 0 spiro atoms. The molecule has 0 aromatic rings. The van der Waals surface area contributed by atoms with Gasteiger partial charge < -0.3 is 15.5 Å². The number of hydrogen-bond donors (Lipinski definition) is 1. The van der Waals surface area contributed by atoms with Crippen molar-refractivity contribution in [2.75, 3.05) is 33.2 Å². The second kappa shape index (κ2) is 5.78. The minimum absolute atomic E-state index is 0.0859. The third-order valence-electron chi connectivity index (χ3n) is 3.73. The molecule has 1 aliphatic rings. The summed E-state index contributed by atoms with van der Waals surface area (Å²) in [5, 5.41) is 0. The van der Waals surface area contributed by atoms with Crippen molar-refractivity contribution in [2.45, 2.75) is 26.7 Å². The Bertz CT molecular complexity index is 308. The molecule has 98 valence electrons. The number of nitrogens with zero attached hydrogens (tertiary/aromatic N) is 2. The van der Waals surface area contributed by atoms with Crippen LogP contribution < -0.4 is 5.73 Å². The van der Waals surface area contributed by atoms with Gasteiger partial charge in [-0.2, -0.15) is 0 Å². The van der Waals surface area contributed by atoms with Crippen LogP contribution in [0.1, 0.15) is 26.7 Å². The summed E-state index contributed by atoms with van der Waals surface area (Å²) in [6.07, 6.45) is 1.67. The van der Waals surface area contributed by atoms with Crippen LogP contribution in [-0.2, 0) is 4.79 Å². The molecule has 1 saturated heterocycles. The van der Waals surface area contributed by atoms with Crippen LogP contribution in [0, 0.1) is 5.41 Å². The van der Waals surface area contributed by atoms with Crippen molar-refractivity contribution >= 4 is 23.1 Å². The van der Waals surface area contributed by atoms with E-state index in [9.17, 15) is 4.79 Å². The molecule has 5 heteroatoms. The van der Waals surface area contributed by atoms with Gasteiger partial charge in [-0.3, -0.25) is 4.79 Å². The Labute approximate surface area is 109 Å². The first-order valence-corrected chi connectivity index (χ1v) is 6.60. The van der Waals surface area contributed by atoms with E-state index in [1.165, 1.54) is 0 Å². The summed E-state index contributed by atoms with van der Waals surface area (Å²) in [4.78, 5) is 17.0. The maximum absolute atomic E-state index is 12.5. The first kappa shape index (κ1) is 14.4. The van der Waals surface area contributed by atoms with Crippen molar-refractivity contribution in [1.82, 2.24) is 9.80 Å². The SMILES string of the molecule is CCC(C)(C(=O)N1CCCN(C)CC1)C(N)=S. The van der Waals surface area contributed by atoms with Crippen LogP contribution in [-0.4, -0.2) is 53.9 Å². The minimum atomic E-state index is -0.682. The average Bonchev–Trinajstić information content (AvgIpc) is 2.51. The summed E-state index contributed by atoms with van der Waals surface area (Å²) in [5.41, 5.74) is 5.05. The highest BCUT2D eigenvalue weighted by molar-refractivity contribution is 7.80. The minimum Gasteiger partial charge on any atom is -0.392 e. The number of carbonyl (C=O) groups excluding carboxylic acids is 1. The molecular weight excluding hydrogens is 234 g/mol. The molecule has 0 saturated carbocycles. The highest BCUT2D eigenvalue weighted by atomic mass is 32.1. The molecule has 1 unspecified atom stereocenters. The summed E-state index contributed by atoms with van der Waals surface area (Å²) in [5.74, 6) is 0.0859. The molecule has 1 heterocycles. The normalized spacial score (nSPS) is 21.7. The van der Waals surface area contributed by atoms with Gasteiger partial charge in [0.15, 0.2) is 0 Å². The van der Waals surface area contributed by atoms with Gasteiger partial charge in [-0.1, -0.05) is 19.1 Å². The third kappa shape index (κ3) is 3.16. The van der Waals surface area contributed by atoms with E-state index in [1.54, 1.807) is 0 Å². The topological polar surface area (TPSA) is 49.6 Å². The number of carbonyl (C=O) groups is 1. The highest BCUT2D eigenvalue weighted by Crippen LogP contribution is 2.25. The highest BCUT2D eigenvalue weighted by Gasteiger charge is 2.38. The fraction of sp³-hybridized carbons (Fsp3) is 0.833. The summed E-state index contributed by atoms with van der Waals surface area (Å²) in [6, 6.07) is 0. The Morgan fingerprint density at radius 3 is 2.53 bits per heavy atom. The quantitative estimate of drug-likeness (QED) is 0.762. The monoisotopic (exact) mass is 257 g/mol. The van der Waals surface area contributed by atoms with E-state index in [4.69, 9.17) is 18.0 Å². The maximum Gasteiger partial charge on any atom is 0.235 e. The Morgan fingerprint density at radius 1 is 1.35 bits per heavy atom. The van der Waals surface area contributed by atoms with E-state index >= 15 is 0 Å². The number of thiocarbonyl (C=S) groups is 1. The Balaban J connectivity index is 2.77. The van der Waals surface area contributed by atoms with E-state index < -0.39 is 5.41 Å². The Hall–Kier alpha value is -0.680. The zero-order valence-electron chi connectivity index (χ0n) is 11.0. The molecule has 17 heavy (non-hydrogen) atoms. The molecule has 1 amide bonds.